The van der Waals surface area contributed by atoms with Crippen LogP contribution in [0.25, 0.3) is 0 Å². The zero-order valence-corrected chi connectivity index (χ0v) is 16.1. The monoisotopic (exact) mass is 381 g/mol. The standard InChI is InChI=1S/C18H27N3O4S/c1-3-9-21(11-17(22)19-15-8-10-26(24,25)13-15)12-18(23)20-16-7-5-4-6-14(16)2/h4-7,15H,3,8-13H2,1-2H3,(H,19,22)(H,20,23)/t15-/m1/s1. The Hall–Kier alpha value is -1.93. The van der Waals surface area contributed by atoms with Gasteiger partial charge >= 0.3 is 0 Å². The molecule has 2 amide bonds. The van der Waals surface area contributed by atoms with Crippen molar-refractivity contribution in [2.75, 3.05) is 36.5 Å². The van der Waals surface area contributed by atoms with Gasteiger partial charge in [-0.1, -0.05) is 25.1 Å². The number of hydrogen-bond donors (Lipinski definition) is 2. The predicted molar refractivity (Wildman–Crippen MR) is 102 cm³/mol. The number of sulfone groups is 1. The first-order valence-electron chi connectivity index (χ1n) is 8.86. The maximum absolute atomic E-state index is 12.3. The first kappa shape index (κ1) is 20.4. The molecule has 0 aromatic heterocycles. The van der Waals surface area contributed by atoms with Crippen LogP contribution in [0.2, 0.25) is 0 Å². The van der Waals surface area contributed by atoms with Gasteiger partial charge in [0.1, 0.15) is 0 Å². The topological polar surface area (TPSA) is 95.6 Å². The Morgan fingerprint density at radius 1 is 1.19 bits per heavy atom. The van der Waals surface area contributed by atoms with E-state index in [4.69, 9.17) is 0 Å². The van der Waals surface area contributed by atoms with Gasteiger partial charge in [0, 0.05) is 11.7 Å². The summed E-state index contributed by atoms with van der Waals surface area (Å²) in [5.74, 6) is -0.302. The average Bonchev–Trinajstić information content (AvgIpc) is 2.88. The number of aryl methyl sites for hydroxylation is 1. The molecule has 1 aliphatic heterocycles. The van der Waals surface area contributed by atoms with Crippen LogP contribution in [0.5, 0.6) is 0 Å². The van der Waals surface area contributed by atoms with Crippen molar-refractivity contribution in [2.45, 2.75) is 32.7 Å². The Morgan fingerprint density at radius 2 is 1.88 bits per heavy atom. The summed E-state index contributed by atoms with van der Waals surface area (Å²) in [5, 5.41) is 5.63. The zero-order chi connectivity index (χ0) is 19.2. The van der Waals surface area contributed by atoms with Gasteiger partial charge in [-0.3, -0.25) is 14.5 Å². The van der Waals surface area contributed by atoms with Crippen molar-refractivity contribution >= 4 is 27.3 Å². The number of benzene rings is 1. The molecule has 26 heavy (non-hydrogen) atoms. The predicted octanol–water partition coefficient (Wildman–Crippen LogP) is 0.949. The van der Waals surface area contributed by atoms with E-state index < -0.39 is 9.84 Å². The molecule has 8 heteroatoms. The first-order valence-corrected chi connectivity index (χ1v) is 10.7. The summed E-state index contributed by atoms with van der Waals surface area (Å²) in [6.07, 6.45) is 1.26. The van der Waals surface area contributed by atoms with Gasteiger partial charge in [0.2, 0.25) is 11.8 Å². The maximum Gasteiger partial charge on any atom is 0.238 e. The lowest BCUT2D eigenvalue weighted by Gasteiger charge is -2.22. The van der Waals surface area contributed by atoms with Crippen molar-refractivity contribution in [1.82, 2.24) is 10.2 Å². The van der Waals surface area contributed by atoms with E-state index in [9.17, 15) is 18.0 Å². The Bertz CT molecular complexity index is 749. The van der Waals surface area contributed by atoms with Crippen LogP contribution in [-0.4, -0.2) is 62.3 Å². The number of para-hydroxylation sites is 1. The molecule has 1 aromatic carbocycles. The van der Waals surface area contributed by atoms with Crippen LogP contribution in [0.4, 0.5) is 5.69 Å². The summed E-state index contributed by atoms with van der Waals surface area (Å²) in [5.41, 5.74) is 1.73. The minimum Gasteiger partial charge on any atom is -0.351 e. The second-order valence-corrected chi connectivity index (χ2v) is 8.97. The lowest BCUT2D eigenvalue weighted by Crippen LogP contribution is -2.45. The number of rotatable bonds is 8. The Balaban J connectivity index is 1.86. The van der Waals surface area contributed by atoms with Crippen molar-refractivity contribution < 1.29 is 18.0 Å². The SMILES string of the molecule is CCCN(CC(=O)Nc1ccccc1C)CC(=O)N[C@@H]1CCS(=O)(=O)C1. The number of anilines is 1. The molecule has 144 valence electrons. The van der Waals surface area contributed by atoms with Crippen LogP contribution in [0.15, 0.2) is 24.3 Å². The Labute approximate surface area is 155 Å². The number of nitrogens with one attached hydrogen (secondary N) is 2. The van der Waals surface area contributed by atoms with Gasteiger partial charge < -0.3 is 10.6 Å². The number of carbonyl (C=O) groups is 2. The molecule has 0 saturated carbocycles. The second kappa shape index (κ2) is 9.14. The van der Waals surface area contributed by atoms with E-state index in [1.165, 1.54) is 0 Å². The van der Waals surface area contributed by atoms with E-state index in [2.05, 4.69) is 10.6 Å². The van der Waals surface area contributed by atoms with Crippen LogP contribution in [0.3, 0.4) is 0 Å². The van der Waals surface area contributed by atoms with Crippen molar-refractivity contribution in [1.29, 1.82) is 0 Å². The molecule has 1 fully saturated rings. The van der Waals surface area contributed by atoms with Gasteiger partial charge in [0.15, 0.2) is 9.84 Å². The molecule has 0 radical (unpaired) electrons. The Morgan fingerprint density at radius 3 is 2.50 bits per heavy atom. The molecule has 0 aliphatic carbocycles. The lowest BCUT2D eigenvalue weighted by atomic mass is 10.2. The molecule has 1 saturated heterocycles. The van der Waals surface area contributed by atoms with Crippen molar-refractivity contribution in [2.24, 2.45) is 0 Å². The van der Waals surface area contributed by atoms with E-state index in [0.29, 0.717) is 13.0 Å². The van der Waals surface area contributed by atoms with E-state index in [0.717, 1.165) is 17.7 Å². The van der Waals surface area contributed by atoms with Crippen LogP contribution in [0, 0.1) is 6.92 Å². The normalized spacial score (nSPS) is 18.7. The molecule has 0 bridgehead atoms. The highest BCUT2D eigenvalue weighted by Gasteiger charge is 2.29. The summed E-state index contributed by atoms with van der Waals surface area (Å²) >= 11 is 0. The average molecular weight is 381 g/mol. The number of amides is 2. The minimum atomic E-state index is -3.03. The van der Waals surface area contributed by atoms with Crippen LogP contribution in [-0.2, 0) is 19.4 Å². The van der Waals surface area contributed by atoms with Gasteiger partial charge in [0.25, 0.3) is 0 Å². The molecule has 1 aliphatic rings. The van der Waals surface area contributed by atoms with Gasteiger partial charge in [-0.25, -0.2) is 8.42 Å². The van der Waals surface area contributed by atoms with E-state index in [1.807, 2.05) is 38.1 Å². The maximum atomic E-state index is 12.3. The highest BCUT2D eigenvalue weighted by Crippen LogP contribution is 2.13. The summed E-state index contributed by atoms with van der Waals surface area (Å²) in [6, 6.07) is 7.20. The number of carbonyl (C=O) groups excluding carboxylic acids is 2. The fourth-order valence-corrected chi connectivity index (χ4v) is 4.69. The molecule has 0 spiro atoms. The molecular formula is C18H27N3O4S. The quantitative estimate of drug-likeness (QED) is 0.699. The van der Waals surface area contributed by atoms with Gasteiger partial charge in [-0.05, 0) is 37.9 Å². The van der Waals surface area contributed by atoms with E-state index >= 15 is 0 Å². The molecule has 7 nitrogen and oxygen atoms in total. The third-order valence-electron chi connectivity index (χ3n) is 4.29. The first-order chi connectivity index (χ1) is 12.3. The molecule has 1 heterocycles. The van der Waals surface area contributed by atoms with E-state index in [1.54, 1.807) is 4.90 Å². The molecule has 0 unspecified atom stereocenters. The molecular weight excluding hydrogens is 354 g/mol. The smallest absolute Gasteiger partial charge is 0.238 e. The second-order valence-electron chi connectivity index (χ2n) is 6.74. The van der Waals surface area contributed by atoms with Gasteiger partial charge in [-0.2, -0.15) is 0 Å². The highest BCUT2D eigenvalue weighted by atomic mass is 32.2. The summed E-state index contributed by atoms with van der Waals surface area (Å²) in [4.78, 5) is 26.3. The zero-order valence-electron chi connectivity index (χ0n) is 15.3. The van der Waals surface area contributed by atoms with Crippen molar-refractivity contribution in [3.8, 4) is 0 Å². The fourth-order valence-electron chi connectivity index (χ4n) is 3.02. The van der Waals surface area contributed by atoms with Crippen molar-refractivity contribution in [3.05, 3.63) is 29.8 Å². The molecule has 2 rings (SSSR count). The molecule has 1 aromatic rings. The lowest BCUT2D eigenvalue weighted by molar-refractivity contribution is -0.123. The third-order valence-corrected chi connectivity index (χ3v) is 6.06. The number of nitrogens with zero attached hydrogens (tertiary/aromatic N) is 1. The van der Waals surface area contributed by atoms with Crippen LogP contribution < -0.4 is 10.6 Å². The van der Waals surface area contributed by atoms with Crippen LogP contribution >= 0.6 is 0 Å². The largest absolute Gasteiger partial charge is 0.351 e. The summed E-state index contributed by atoms with van der Waals surface area (Å²) in [7, 11) is -3.03. The van der Waals surface area contributed by atoms with Gasteiger partial charge in [0.05, 0.1) is 24.6 Å². The van der Waals surface area contributed by atoms with Crippen LogP contribution in [0.1, 0.15) is 25.3 Å². The summed E-state index contributed by atoms with van der Waals surface area (Å²) in [6.45, 7) is 4.69. The fraction of sp³-hybridized carbons (Fsp3) is 0.556. The molecule has 1 atom stereocenters. The summed E-state index contributed by atoms with van der Waals surface area (Å²) < 4.78 is 23.0. The Kier molecular flexibility index (Phi) is 7.16. The van der Waals surface area contributed by atoms with Gasteiger partial charge in [-0.15, -0.1) is 0 Å². The minimum absolute atomic E-state index is 0.000286. The van der Waals surface area contributed by atoms with Crippen molar-refractivity contribution in [3.63, 3.8) is 0 Å². The van der Waals surface area contributed by atoms with E-state index in [-0.39, 0.29) is 42.5 Å². The molecule has 2 N–H and O–H groups in total. The third kappa shape index (κ3) is 6.42. The number of hydrogen-bond acceptors (Lipinski definition) is 5. The highest BCUT2D eigenvalue weighted by molar-refractivity contribution is 7.91.